The van der Waals surface area contributed by atoms with Gasteiger partial charge in [-0.25, -0.2) is 0 Å². The average Bonchev–Trinajstić information content (AvgIpc) is 2.94. The van der Waals surface area contributed by atoms with Gasteiger partial charge in [0.15, 0.2) is 0 Å². The number of rotatable bonds is 5. The predicted octanol–water partition coefficient (Wildman–Crippen LogP) is 2.47. The lowest BCUT2D eigenvalue weighted by Gasteiger charge is -2.22. The lowest BCUT2D eigenvalue weighted by atomic mass is 10.1. The molecule has 1 aliphatic rings. The first kappa shape index (κ1) is 13.6. The molecule has 2 rings (SSSR count). The molecule has 102 valence electrons. The number of hydrogen-bond donors (Lipinski definition) is 1. The van der Waals surface area contributed by atoms with Gasteiger partial charge >= 0.3 is 0 Å². The number of nitrogens with one attached hydrogen (secondary N) is 1. The molecule has 3 nitrogen and oxygen atoms in total. The standard InChI is InChI=1S/C15H27N3/c1-15(2,3)16-13-14-7-6-10-18(14)12-11-17-8-4-5-9-17/h6-7,10,16H,4-5,8-9,11-13H2,1-3H3. The summed E-state index contributed by atoms with van der Waals surface area (Å²) in [6, 6.07) is 4.38. The summed E-state index contributed by atoms with van der Waals surface area (Å²) in [5, 5.41) is 3.56. The van der Waals surface area contributed by atoms with Crippen molar-refractivity contribution in [3.8, 4) is 0 Å². The van der Waals surface area contributed by atoms with Crippen LogP contribution in [0.5, 0.6) is 0 Å². The second-order valence-corrected chi connectivity index (χ2v) is 6.35. The molecule has 1 aromatic rings. The van der Waals surface area contributed by atoms with E-state index in [0.717, 1.165) is 13.1 Å². The Bertz CT molecular complexity index is 356. The molecule has 0 atom stereocenters. The summed E-state index contributed by atoms with van der Waals surface area (Å²) < 4.78 is 2.39. The van der Waals surface area contributed by atoms with Crippen LogP contribution in [0.3, 0.4) is 0 Å². The highest BCUT2D eigenvalue weighted by molar-refractivity contribution is 5.07. The van der Waals surface area contributed by atoms with Crippen LogP contribution in [-0.2, 0) is 13.1 Å². The van der Waals surface area contributed by atoms with Gasteiger partial charge in [-0.1, -0.05) is 0 Å². The summed E-state index contributed by atoms with van der Waals surface area (Å²) in [5.41, 5.74) is 1.58. The molecule has 2 heterocycles. The first-order chi connectivity index (χ1) is 8.54. The third-order valence-electron chi connectivity index (χ3n) is 3.58. The molecule has 1 fully saturated rings. The topological polar surface area (TPSA) is 20.2 Å². The number of likely N-dealkylation sites (tertiary alicyclic amines) is 1. The average molecular weight is 249 g/mol. The van der Waals surface area contributed by atoms with Crippen LogP contribution in [0.15, 0.2) is 18.3 Å². The highest BCUT2D eigenvalue weighted by Gasteiger charge is 2.13. The van der Waals surface area contributed by atoms with Crippen molar-refractivity contribution in [2.45, 2.75) is 52.2 Å². The minimum absolute atomic E-state index is 0.185. The van der Waals surface area contributed by atoms with Crippen molar-refractivity contribution in [1.82, 2.24) is 14.8 Å². The van der Waals surface area contributed by atoms with Crippen LogP contribution in [0.25, 0.3) is 0 Å². The van der Waals surface area contributed by atoms with Crippen molar-refractivity contribution in [3.05, 3.63) is 24.0 Å². The molecule has 0 spiro atoms. The minimum Gasteiger partial charge on any atom is -0.349 e. The van der Waals surface area contributed by atoms with Gasteiger partial charge in [0.1, 0.15) is 0 Å². The van der Waals surface area contributed by atoms with Crippen LogP contribution in [0.1, 0.15) is 39.3 Å². The molecular weight excluding hydrogens is 222 g/mol. The Morgan fingerprint density at radius 2 is 1.89 bits per heavy atom. The van der Waals surface area contributed by atoms with E-state index in [9.17, 15) is 0 Å². The smallest absolute Gasteiger partial charge is 0.0363 e. The molecule has 0 aliphatic carbocycles. The molecule has 1 saturated heterocycles. The van der Waals surface area contributed by atoms with Gasteiger partial charge < -0.3 is 14.8 Å². The highest BCUT2D eigenvalue weighted by atomic mass is 15.2. The van der Waals surface area contributed by atoms with Crippen LogP contribution in [-0.4, -0.2) is 34.6 Å². The van der Waals surface area contributed by atoms with E-state index in [2.05, 4.69) is 53.9 Å². The van der Waals surface area contributed by atoms with Gasteiger partial charge in [-0.3, -0.25) is 0 Å². The van der Waals surface area contributed by atoms with Crippen molar-refractivity contribution in [1.29, 1.82) is 0 Å². The van der Waals surface area contributed by atoms with Gasteiger partial charge in [-0.05, 0) is 58.8 Å². The fourth-order valence-electron chi connectivity index (χ4n) is 2.44. The zero-order valence-corrected chi connectivity index (χ0v) is 12.1. The fraction of sp³-hybridized carbons (Fsp3) is 0.733. The van der Waals surface area contributed by atoms with Crippen LogP contribution in [0.4, 0.5) is 0 Å². The van der Waals surface area contributed by atoms with Gasteiger partial charge in [0.05, 0.1) is 0 Å². The molecule has 0 saturated carbocycles. The second-order valence-electron chi connectivity index (χ2n) is 6.35. The van der Waals surface area contributed by atoms with E-state index in [1.54, 1.807) is 0 Å². The SMILES string of the molecule is CC(C)(C)NCc1cccn1CCN1CCCC1. The third-order valence-corrected chi connectivity index (χ3v) is 3.58. The van der Waals surface area contributed by atoms with Crippen LogP contribution >= 0.6 is 0 Å². The third kappa shape index (κ3) is 4.14. The predicted molar refractivity (Wildman–Crippen MR) is 76.7 cm³/mol. The first-order valence-corrected chi connectivity index (χ1v) is 7.16. The molecule has 0 amide bonds. The second kappa shape index (κ2) is 5.89. The van der Waals surface area contributed by atoms with Crippen molar-refractivity contribution in [2.75, 3.05) is 19.6 Å². The monoisotopic (exact) mass is 249 g/mol. The fourth-order valence-corrected chi connectivity index (χ4v) is 2.44. The van der Waals surface area contributed by atoms with Crippen LogP contribution < -0.4 is 5.32 Å². The Kier molecular flexibility index (Phi) is 4.46. The molecule has 1 N–H and O–H groups in total. The number of aromatic nitrogens is 1. The van der Waals surface area contributed by atoms with Crippen LogP contribution in [0, 0.1) is 0 Å². The Labute approximate surface area is 111 Å². The summed E-state index contributed by atoms with van der Waals surface area (Å²) in [5.74, 6) is 0. The number of nitrogens with zero attached hydrogens (tertiary/aromatic N) is 2. The normalized spacial score (nSPS) is 17.5. The molecule has 0 unspecified atom stereocenters. The molecule has 1 aliphatic heterocycles. The van der Waals surface area contributed by atoms with Gasteiger partial charge in [0.2, 0.25) is 0 Å². The molecule has 3 heteroatoms. The highest BCUT2D eigenvalue weighted by Crippen LogP contribution is 2.09. The van der Waals surface area contributed by atoms with Crippen LogP contribution in [0.2, 0.25) is 0 Å². The van der Waals surface area contributed by atoms with E-state index in [0.29, 0.717) is 0 Å². The lowest BCUT2D eigenvalue weighted by molar-refractivity contribution is 0.319. The lowest BCUT2D eigenvalue weighted by Crippen LogP contribution is -2.36. The van der Waals surface area contributed by atoms with E-state index >= 15 is 0 Å². The Hall–Kier alpha value is -0.800. The van der Waals surface area contributed by atoms with Crippen molar-refractivity contribution < 1.29 is 0 Å². The zero-order valence-electron chi connectivity index (χ0n) is 12.1. The quantitative estimate of drug-likeness (QED) is 0.865. The van der Waals surface area contributed by atoms with E-state index in [-0.39, 0.29) is 5.54 Å². The van der Waals surface area contributed by atoms with Gasteiger partial charge in [0.25, 0.3) is 0 Å². The molecule has 1 aromatic heterocycles. The number of hydrogen-bond acceptors (Lipinski definition) is 2. The Morgan fingerprint density at radius 3 is 2.56 bits per heavy atom. The largest absolute Gasteiger partial charge is 0.349 e. The van der Waals surface area contributed by atoms with E-state index in [1.165, 1.54) is 38.2 Å². The van der Waals surface area contributed by atoms with Gasteiger partial charge in [-0.2, -0.15) is 0 Å². The summed E-state index contributed by atoms with van der Waals surface area (Å²) in [6.45, 7) is 12.5. The van der Waals surface area contributed by atoms with Crippen molar-refractivity contribution in [3.63, 3.8) is 0 Å². The summed E-state index contributed by atoms with van der Waals surface area (Å²) in [4.78, 5) is 2.57. The Balaban J connectivity index is 1.83. The molecule has 0 bridgehead atoms. The van der Waals surface area contributed by atoms with E-state index in [1.807, 2.05) is 0 Å². The summed E-state index contributed by atoms with van der Waals surface area (Å²) in [6.07, 6.45) is 4.96. The maximum absolute atomic E-state index is 3.56. The summed E-state index contributed by atoms with van der Waals surface area (Å²) >= 11 is 0. The molecule has 0 radical (unpaired) electrons. The van der Waals surface area contributed by atoms with Crippen molar-refractivity contribution >= 4 is 0 Å². The first-order valence-electron chi connectivity index (χ1n) is 7.16. The maximum Gasteiger partial charge on any atom is 0.0363 e. The Morgan fingerprint density at radius 1 is 1.17 bits per heavy atom. The van der Waals surface area contributed by atoms with E-state index in [4.69, 9.17) is 0 Å². The van der Waals surface area contributed by atoms with Crippen molar-refractivity contribution in [2.24, 2.45) is 0 Å². The molecule has 18 heavy (non-hydrogen) atoms. The summed E-state index contributed by atoms with van der Waals surface area (Å²) in [7, 11) is 0. The molecule has 0 aromatic carbocycles. The van der Waals surface area contributed by atoms with Gasteiger partial charge in [0, 0.05) is 37.1 Å². The zero-order chi connectivity index (χ0) is 13.0. The van der Waals surface area contributed by atoms with Gasteiger partial charge in [-0.15, -0.1) is 0 Å². The van der Waals surface area contributed by atoms with E-state index < -0.39 is 0 Å². The maximum atomic E-state index is 3.56. The molecular formula is C15H27N3. The minimum atomic E-state index is 0.185.